The molecule has 1 aromatic heterocycles. The summed E-state index contributed by atoms with van der Waals surface area (Å²) in [6, 6.07) is 29.5. The summed E-state index contributed by atoms with van der Waals surface area (Å²) in [5, 5.41) is 5.12. The zero-order chi connectivity index (χ0) is 23.5. The second-order valence-electron chi connectivity index (χ2n) is 7.74. The number of nitrogens with one attached hydrogen (secondary N) is 1. The minimum Gasteiger partial charge on any atom is -0.495 e. The minimum absolute atomic E-state index is 0.173. The maximum atomic E-state index is 14.0. The van der Waals surface area contributed by atoms with Crippen molar-refractivity contribution in [3.63, 3.8) is 0 Å². The molecule has 0 saturated carbocycles. The molecule has 6 heteroatoms. The van der Waals surface area contributed by atoms with Crippen LogP contribution in [0.15, 0.2) is 114 Å². The van der Waals surface area contributed by atoms with Gasteiger partial charge in [0.05, 0.1) is 29.3 Å². The molecule has 4 aromatic rings. The van der Waals surface area contributed by atoms with Crippen molar-refractivity contribution >= 4 is 34.4 Å². The van der Waals surface area contributed by atoms with Crippen molar-refractivity contribution in [2.45, 2.75) is 6.04 Å². The number of carbonyl (C=O) groups excluding carboxylic acids is 2. The number of methoxy groups -OCH3 is 1. The summed E-state index contributed by atoms with van der Waals surface area (Å²) in [5.74, 6) is 0.138. The van der Waals surface area contributed by atoms with Crippen LogP contribution < -0.4 is 15.0 Å². The summed E-state index contributed by atoms with van der Waals surface area (Å²) >= 11 is 1.36. The Balaban J connectivity index is 1.73. The quantitative estimate of drug-likeness (QED) is 0.335. The molecule has 0 aliphatic carbocycles. The first-order valence-corrected chi connectivity index (χ1v) is 11.7. The minimum atomic E-state index is -0.581. The molecule has 0 spiro atoms. The molecular formula is C28H22N2O3S. The van der Waals surface area contributed by atoms with Crippen molar-refractivity contribution in [2.75, 3.05) is 17.3 Å². The van der Waals surface area contributed by atoms with Gasteiger partial charge in [0.15, 0.2) is 0 Å². The first kappa shape index (κ1) is 21.7. The van der Waals surface area contributed by atoms with Gasteiger partial charge in [0.2, 0.25) is 5.78 Å². The molecule has 5 nitrogen and oxygen atoms in total. The van der Waals surface area contributed by atoms with Gasteiger partial charge in [-0.3, -0.25) is 14.5 Å². The SMILES string of the molecule is COc1ccccc1NC1=C(C(=O)c2cccs2)C(c2ccccc2)N(c2ccccc2)C1=O. The largest absolute Gasteiger partial charge is 0.495 e. The second kappa shape index (κ2) is 9.37. The average Bonchev–Trinajstić information content (AvgIpc) is 3.52. The predicted octanol–water partition coefficient (Wildman–Crippen LogP) is 6.09. The molecule has 2 heterocycles. The number of carbonyl (C=O) groups is 2. The molecule has 1 amide bonds. The maximum absolute atomic E-state index is 14.0. The third kappa shape index (κ3) is 3.89. The van der Waals surface area contributed by atoms with Gasteiger partial charge in [0.1, 0.15) is 11.4 Å². The number of rotatable bonds is 7. The van der Waals surface area contributed by atoms with Crippen molar-refractivity contribution < 1.29 is 14.3 Å². The highest BCUT2D eigenvalue weighted by Gasteiger charge is 2.44. The van der Waals surface area contributed by atoms with Gasteiger partial charge in [-0.2, -0.15) is 0 Å². The van der Waals surface area contributed by atoms with E-state index in [0.717, 1.165) is 11.3 Å². The van der Waals surface area contributed by atoms with Crippen LogP contribution in [-0.4, -0.2) is 18.8 Å². The average molecular weight is 467 g/mol. The van der Waals surface area contributed by atoms with Gasteiger partial charge in [-0.05, 0) is 41.3 Å². The van der Waals surface area contributed by atoms with Crippen molar-refractivity contribution in [1.82, 2.24) is 0 Å². The highest BCUT2D eigenvalue weighted by molar-refractivity contribution is 7.12. The van der Waals surface area contributed by atoms with Gasteiger partial charge in [-0.25, -0.2) is 0 Å². The molecule has 0 fully saturated rings. The van der Waals surface area contributed by atoms with Crippen LogP contribution in [0, 0.1) is 0 Å². The Bertz CT molecular complexity index is 1350. The first-order valence-electron chi connectivity index (χ1n) is 10.8. The van der Waals surface area contributed by atoms with E-state index in [1.54, 1.807) is 18.1 Å². The molecule has 1 aliphatic rings. The number of ether oxygens (including phenoxy) is 1. The highest BCUT2D eigenvalue weighted by atomic mass is 32.1. The summed E-state index contributed by atoms with van der Waals surface area (Å²) in [4.78, 5) is 30.1. The predicted molar refractivity (Wildman–Crippen MR) is 135 cm³/mol. The van der Waals surface area contributed by atoms with E-state index in [9.17, 15) is 9.59 Å². The molecule has 5 rings (SSSR count). The van der Waals surface area contributed by atoms with Crippen LogP contribution in [0.3, 0.4) is 0 Å². The first-order chi connectivity index (χ1) is 16.7. The lowest BCUT2D eigenvalue weighted by Crippen LogP contribution is -2.31. The number of anilines is 2. The lowest BCUT2D eigenvalue weighted by molar-refractivity contribution is -0.114. The number of Topliss-reactive ketones (excluding diaryl/α,β-unsaturated/α-hetero) is 1. The Morgan fingerprint density at radius 2 is 1.56 bits per heavy atom. The van der Waals surface area contributed by atoms with Gasteiger partial charge < -0.3 is 10.1 Å². The fourth-order valence-corrected chi connectivity index (χ4v) is 4.88. The number of amides is 1. The standard InChI is InChI=1S/C28H22N2O3S/c1-33-22-16-9-8-15-21(22)29-25-24(27(31)23-17-10-18-34-23)26(19-11-4-2-5-12-19)30(28(25)32)20-13-6-3-7-14-20/h2-18,26,29H,1H3. The smallest absolute Gasteiger partial charge is 0.276 e. The van der Waals surface area contributed by atoms with Crippen LogP contribution >= 0.6 is 11.3 Å². The number of ketones is 1. The second-order valence-corrected chi connectivity index (χ2v) is 8.69. The molecule has 168 valence electrons. The van der Waals surface area contributed by atoms with E-state index < -0.39 is 6.04 Å². The molecule has 1 N–H and O–H groups in total. The van der Waals surface area contributed by atoms with E-state index in [1.807, 2.05) is 96.4 Å². The van der Waals surface area contributed by atoms with E-state index in [-0.39, 0.29) is 17.4 Å². The number of benzene rings is 3. The highest BCUT2D eigenvalue weighted by Crippen LogP contribution is 2.43. The molecule has 1 unspecified atom stereocenters. The number of hydrogen-bond donors (Lipinski definition) is 1. The summed E-state index contributed by atoms with van der Waals surface area (Å²) in [5.41, 5.74) is 2.85. The molecule has 34 heavy (non-hydrogen) atoms. The van der Waals surface area contributed by atoms with Crippen molar-refractivity contribution in [3.8, 4) is 5.75 Å². The Morgan fingerprint density at radius 3 is 2.24 bits per heavy atom. The summed E-state index contributed by atoms with van der Waals surface area (Å²) in [6.07, 6.45) is 0. The lowest BCUT2D eigenvalue weighted by atomic mass is 9.94. The van der Waals surface area contributed by atoms with Crippen LogP contribution in [0.25, 0.3) is 0 Å². The van der Waals surface area contributed by atoms with Crippen molar-refractivity contribution in [3.05, 3.63) is 124 Å². The van der Waals surface area contributed by atoms with Crippen LogP contribution in [-0.2, 0) is 4.79 Å². The van der Waals surface area contributed by atoms with Crippen molar-refractivity contribution in [2.24, 2.45) is 0 Å². The molecule has 1 atom stereocenters. The number of thiophene rings is 1. The van der Waals surface area contributed by atoms with E-state index in [1.165, 1.54) is 11.3 Å². The van der Waals surface area contributed by atoms with E-state index >= 15 is 0 Å². The lowest BCUT2D eigenvalue weighted by Gasteiger charge is -2.27. The number of para-hydroxylation sites is 3. The van der Waals surface area contributed by atoms with Crippen molar-refractivity contribution in [1.29, 1.82) is 0 Å². The van der Waals surface area contributed by atoms with Crippen LogP contribution in [0.5, 0.6) is 5.75 Å². The van der Waals surface area contributed by atoms with Gasteiger partial charge in [-0.1, -0.05) is 66.7 Å². The molecule has 1 aliphatic heterocycles. The number of hydrogen-bond acceptors (Lipinski definition) is 5. The molecule has 0 bridgehead atoms. The summed E-state index contributed by atoms with van der Waals surface area (Å²) in [7, 11) is 1.58. The molecule has 0 radical (unpaired) electrons. The zero-order valence-electron chi connectivity index (χ0n) is 18.5. The fourth-order valence-electron chi connectivity index (χ4n) is 4.21. The Morgan fingerprint density at radius 1 is 0.882 bits per heavy atom. The monoisotopic (exact) mass is 466 g/mol. The van der Waals surface area contributed by atoms with Gasteiger partial charge >= 0.3 is 0 Å². The Hall–Kier alpha value is -4.16. The van der Waals surface area contributed by atoms with Gasteiger partial charge in [-0.15, -0.1) is 11.3 Å². The third-order valence-corrected chi connectivity index (χ3v) is 6.61. The molecular weight excluding hydrogens is 444 g/mol. The third-order valence-electron chi connectivity index (χ3n) is 5.74. The summed E-state index contributed by atoms with van der Waals surface area (Å²) in [6.45, 7) is 0. The van der Waals surface area contributed by atoms with Crippen LogP contribution in [0.4, 0.5) is 11.4 Å². The fraction of sp³-hybridized carbons (Fsp3) is 0.0714. The summed E-state index contributed by atoms with van der Waals surface area (Å²) < 4.78 is 5.49. The van der Waals surface area contributed by atoms with Crippen LogP contribution in [0.2, 0.25) is 0 Å². The topological polar surface area (TPSA) is 58.6 Å². The van der Waals surface area contributed by atoms with E-state index in [4.69, 9.17) is 4.74 Å². The Labute approximate surface area is 201 Å². The van der Waals surface area contributed by atoms with E-state index in [0.29, 0.717) is 21.9 Å². The normalized spacial score (nSPS) is 15.5. The molecule has 3 aromatic carbocycles. The zero-order valence-corrected chi connectivity index (χ0v) is 19.3. The Kier molecular flexibility index (Phi) is 5.97. The maximum Gasteiger partial charge on any atom is 0.276 e. The number of nitrogens with zero attached hydrogens (tertiary/aromatic N) is 1. The van der Waals surface area contributed by atoms with Crippen LogP contribution in [0.1, 0.15) is 21.3 Å². The van der Waals surface area contributed by atoms with E-state index in [2.05, 4.69) is 5.32 Å². The van der Waals surface area contributed by atoms with Gasteiger partial charge in [0, 0.05) is 5.69 Å². The molecule has 0 saturated heterocycles. The van der Waals surface area contributed by atoms with Gasteiger partial charge in [0.25, 0.3) is 5.91 Å².